The van der Waals surface area contributed by atoms with Gasteiger partial charge in [-0.3, -0.25) is 4.79 Å². The predicted octanol–water partition coefficient (Wildman–Crippen LogP) is 0.750. The quantitative estimate of drug-likeness (QED) is 0.789. The molecule has 4 heteroatoms. The molecule has 1 saturated heterocycles. The van der Waals surface area contributed by atoms with Crippen LogP contribution in [0.2, 0.25) is 0 Å². The lowest BCUT2D eigenvalue weighted by molar-refractivity contribution is -0.921. The van der Waals surface area contributed by atoms with Crippen molar-refractivity contribution in [1.29, 1.82) is 0 Å². The summed E-state index contributed by atoms with van der Waals surface area (Å²) < 4.78 is 5.10. The predicted molar refractivity (Wildman–Crippen MR) is 71.9 cm³/mol. The van der Waals surface area contributed by atoms with Gasteiger partial charge in [-0.1, -0.05) is 12.1 Å². The number of ether oxygens (including phenoxy) is 1. The molecular weight excluding hydrogens is 242 g/mol. The Bertz CT molecular complexity index is 433. The maximum Gasteiger partial charge on any atom is 0.314 e. The van der Waals surface area contributed by atoms with Crippen LogP contribution >= 0.6 is 0 Å². The zero-order valence-corrected chi connectivity index (χ0v) is 11.4. The minimum atomic E-state index is -0.0722. The topological polar surface area (TPSA) is 51.0 Å². The Morgan fingerprint density at radius 1 is 1.47 bits per heavy atom. The van der Waals surface area contributed by atoms with E-state index in [-0.39, 0.29) is 11.9 Å². The van der Waals surface area contributed by atoms with Gasteiger partial charge in [0.2, 0.25) is 0 Å². The van der Waals surface area contributed by atoms with Gasteiger partial charge in [-0.25, -0.2) is 0 Å². The van der Waals surface area contributed by atoms with Crippen molar-refractivity contribution < 1.29 is 19.5 Å². The molecule has 2 atom stereocenters. The Balaban J connectivity index is 1.94. The third-order valence-electron chi connectivity index (χ3n) is 3.67. The Morgan fingerprint density at radius 2 is 2.26 bits per heavy atom. The number of phenols is 1. The fraction of sp³-hybridized carbons (Fsp3) is 0.533. The highest BCUT2D eigenvalue weighted by Gasteiger charge is 2.29. The average molecular weight is 264 g/mol. The molecular formula is C15H22NO3+. The first-order chi connectivity index (χ1) is 9.20. The molecule has 0 aromatic heterocycles. The van der Waals surface area contributed by atoms with E-state index in [0.29, 0.717) is 12.4 Å². The number of hydrogen-bond donors (Lipinski definition) is 2. The monoisotopic (exact) mass is 264 g/mol. The van der Waals surface area contributed by atoms with Gasteiger partial charge in [0, 0.05) is 5.56 Å². The highest BCUT2D eigenvalue weighted by Crippen LogP contribution is 2.15. The van der Waals surface area contributed by atoms with Gasteiger partial charge in [0.15, 0.2) is 0 Å². The van der Waals surface area contributed by atoms with Crippen molar-refractivity contribution in [3.05, 3.63) is 29.8 Å². The number of nitrogens with one attached hydrogen (secondary N) is 1. The molecule has 0 bridgehead atoms. The van der Waals surface area contributed by atoms with Crippen molar-refractivity contribution in [2.24, 2.45) is 5.92 Å². The van der Waals surface area contributed by atoms with Gasteiger partial charge >= 0.3 is 5.97 Å². The summed E-state index contributed by atoms with van der Waals surface area (Å²) in [5.41, 5.74) is 0.946. The van der Waals surface area contributed by atoms with Crippen molar-refractivity contribution >= 4 is 5.97 Å². The molecule has 0 saturated carbocycles. The van der Waals surface area contributed by atoms with Crippen LogP contribution in [0, 0.1) is 5.92 Å². The van der Waals surface area contributed by atoms with Crippen LogP contribution in [0.4, 0.5) is 0 Å². The largest absolute Gasteiger partial charge is 0.507 e. The van der Waals surface area contributed by atoms with Gasteiger partial charge in [0.25, 0.3) is 0 Å². The molecule has 2 rings (SSSR count). The number of esters is 1. The summed E-state index contributed by atoms with van der Waals surface area (Å²) >= 11 is 0. The van der Waals surface area contributed by atoms with E-state index in [2.05, 4.69) is 0 Å². The van der Waals surface area contributed by atoms with E-state index in [4.69, 9.17) is 4.74 Å². The molecule has 1 aromatic rings. The van der Waals surface area contributed by atoms with Crippen LogP contribution in [0.3, 0.4) is 0 Å². The number of carbonyl (C=O) groups excluding carboxylic acids is 1. The minimum absolute atomic E-state index is 0.00885. The highest BCUT2D eigenvalue weighted by atomic mass is 16.5. The maximum absolute atomic E-state index is 11.8. The smallest absolute Gasteiger partial charge is 0.314 e. The molecule has 1 aliphatic heterocycles. The maximum atomic E-state index is 11.8. The number of phenolic OH excluding ortho intramolecular Hbond substituents is 1. The molecule has 1 unspecified atom stereocenters. The number of rotatable bonds is 4. The van der Waals surface area contributed by atoms with Crippen LogP contribution in [-0.4, -0.2) is 30.8 Å². The van der Waals surface area contributed by atoms with E-state index in [9.17, 15) is 9.90 Å². The van der Waals surface area contributed by atoms with Crippen LogP contribution in [0.1, 0.15) is 25.3 Å². The first-order valence-electron chi connectivity index (χ1n) is 6.97. The summed E-state index contributed by atoms with van der Waals surface area (Å²) in [5, 5.41) is 9.80. The molecule has 0 amide bonds. The van der Waals surface area contributed by atoms with Crippen LogP contribution in [-0.2, 0) is 16.1 Å². The molecule has 0 spiro atoms. The summed E-state index contributed by atoms with van der Waals surface area (Å²) in [5.74, 6) is 0.278. The Hall–Kier alpha value is -1.55. The molecule has 1 heterocycles. The first kappa shape index (κ1) is 13.9. The zero-order valence-electron chi connectivity index (χ0n) is 11.4. The lowest BCUT2D eigenvalue weighted by Gasteiger charge is -2.28. The summed E-state index contributed by atoms with van der Waals surface area (Å²) in [6.45, 7) is 4.90. The van der Waals surface area contributed by atoms with Crippen LogP contribution < -0.4 is 4.90 Å². The van der Waals surface area contributed by atoms with Crippen molar-refractivity contribution in [3.63, 3.8) is 0 Å². The number of piperidine rings is 1. The number of para-hydroxylation sites is 1. The van der Waals surface area contributed by atoms with E-state index in [0.717, 1.165) is 38.0 Å². The van der Waals surface area contributed by atoms with Gasteiger partial charge in [-0.05, 0) is 31.9 Å². The van der Waals surface area contributed by atoms with Gasteiger partial charge in [0.1, 0.15) is 18.2 Å². The number of benzene rings is 1. The van der Waals surface area contributed by atoms with Gasteiger partial charge < -0.3 is 14.7 Å². The fourth-order valence-electron chi connectivity index (χ4n) is 2.70. The number of hydrogen-bond acceptors (Lipinski definition) is 3. The van der Waals surface area contributed by atoms with Gasteiger partial charge in [0.05, 0.1) is 19.7 Å². The highest BCUT2D eigenvalue weighted by molar-refractivity contribution is 5.72. The van der Waals surface area contributed by atoms with E-state index in [1.807, 2.05) is 25.1 Å². The minimum Gasteiger partial charge on any atom is -0.507 e. The lowest BCUT2D eigenvalue weighted by Crippen LogP contribution is -3.12. The van der Waals surface area contributed by atoms with Crippen LogP contribution in [0.5, 0.6) is 5.75 Å². The molecule has 1 fully saturated rings. The molecule has 0 radical (unpaired) electrons. The van der Waals surface area contributed by atoms with Crippen LogP contribution in [0.15, 0.2) is 24.3 Å². The first-order valence-corrected chi connectivity index (χ1v) is 6.97. The Labute approximate surface area is 114 Å². The third-order valence-corrected chi connectivity index (χ3v) is 3.67. The zero-order chi connectivity index (χ0) is 13.7. The Morgan fingerprint density at radius 3 is 3.00 bits per heavy atom. The average Bonchev–Trinajstić information content (AvgIpc) is 2.42. The number of carbonyl (C=O) groups is 1. The summed E-state index contributed by atoms with van der Waals surface area (Å²) in [4.78, 5) is 13.1. The van der Waals surface area contributed by atoms with Gasteiger partial charge in [-0.2, -0.15) is 0 Å². The van der Waals surface area contributed by atoms with Gasteiger partial charge in [-0.15, -0.1) is 0 Å². The van der Waals surface area contributed by atoms with Crippen LogP contribution in [0.25, 0.3) is 0 Å². The normalized spacial score (nSPS) is 23.0. The second-order valence-electron chi connectivity index (χ2n) is 5.10. The van der Waals surface area contributed by atoms with Crippen molar-refractivity contribution in [3.8, 4) is 5.75 Å². The number of likely N-dealkylation sites (tertiary alicyclic amines) is 1. The Kier molecular flexibility index (Phi) is 4.80. The standard InChI is InChI=1S/C15H21NO3/c1-2-19-15(18)13-7-5-9-16(11-13)10-12-6-3-4-8-14(12)17/h3-4,6,8,13,17H,2,5,7,9-11H2,1H3/p+1/t13-/m1/s1. The molecule has 1 aromatic carbocycles. The molecule has 19 heavy (non-hydrogen) atoms. The molecule has 104 valence electrons. The second kappa shape index (κ2) is 6.57. The second-order valence-corrected chi connectivity index (χ2v) is 5.10. The van der Waals surface area contributed by atoms with E-state index in [1.54, 1.807) is 6.07 Å². The molecule has 2 N–H and O–H groups in total. The van der Waals surface area contributed by atoms with Crippen molar-refractivity contribution in [1.82, 2.24) is 0 Å². The SMILES string of the molecule is CCOC(=O)[C@@H]1CCC[NH+](Cc2ccccc2O)C1. The van der Waals surface area contributed by atoms with E-state index >= 15 is 0 Å². The number of aromatic hydroxyl groups is 1. The summed E-state index contributed by atoms with van der Waals surface area (Å²) in [6.07, 6.45) is 1.95. The van der Waals surface area contributed by atoms with Crippen molar-refractivity contribution in [2.45, 2.75) is 26.3 Å². The van der Waals surface area contributed by atoms with E-state index in [1.165, 1.54) is 4.90 Å². The molecule has 0 aliphatic carbocycles. The number of quaternary nitrogens is 1. The fourth-order valence-corrected chi connectivity index (χ4v) is 2.70. The summed E-state index contributed by atoms with van der Waals surface area (Å²) in [6, 6.07) is 7.41. The van der Waals surface area contributed by atoms with Crippen molar-refractivity contribution in [2.75, 3.05) is 19.7 Å². The molecule has 4 nitrogen and oxygen atoms in total. The van der Waals surface area contributed by atoms with E-state index < -0.39 is 0 Å². The third kappa shape index (κ3) is 3.70. The lowest BCUT2D eigenvalue weighted by atomic mass is 9.97. The molecule has 1 aliphatic rings. The summed E-state index contributed by atoms with van der Waals surface area (Å²) in [7, 11) is 0.